The van der Waals surface area contributed by atoms with Crippen molar-refractivity contribution >= 4 is 34.0 Å². The minimum atomic E-state index is -0.390. The molecular weight excluding hydrogens is 340 g/mol. The van der Waals surface area contributed by atoms with Crippen molar-refractivity contribution in [2.75, 3.05) is 0 Å². The molecule has 0 fully saturated rings. The summed E-state index contributed by atoms with van der Waals surface area (Å²) in [7, 11) is 3.09. The van der Waals surface area contributed by atoms with Crippen molar-refractivity contribution in [3.63, 3.8) is 0 Å². The van der Waals surface area contributed by atoms with Crippen molar-refractivity contribution in [3.8, 4) is 0 Å². The second-order valence-corrected chi connectivity index (χ2v) is 6.63. The van der Waals surface area contributed by atoms with E-state index in [4.69, 9.17) is 0 Å². The predicted molar refractivity (Wildman–Crippen MR) is 96.1 cm³/mol. The first-order valence-electron chi connectivity index (χ1n) is 7.80. The van der Waals surface area contributed by atoms with E-state index in [2.05, 4.69) is 15.0 Å². The van der Waals surface area contributed by atoms with E-state index in [0.29, 0.717) is 28.0 Å². The van der Waals surface area contributed by atoms with Gasteiger partial charge in [0.1, 0.15) is 0 Å². The Kier molecular flexibility index (Phi) is 3.53. The molecule has 0 atom stereocenters. The Bertz CT molecular complexity index is 1200. The topological polar surface area (TPSA) is 90.5 Å². The Balaban J connectivity index is 1.92. The standard InChI is InChI=1S/C16H16N6O2S/c1-4-22-11-12(20(2)16(24)21(3)13(11)23)19-15(22)25-14-17-9-7-5-6-8-10(9)18-14/h5-8H,4H2,1-3H3,(H,17,18). The lowest BCUT2D eigenvalue weighted by Gasteiger charge is -2.05. The van der Waals surface area contributed by atoms with Crippen molar-refractivity contribution in [2.45, 2.75) is 23.8 Å². The van der Waals surface area contributed by atoms with E-state index < -0.39 is 5.69 Å². The number of fused-ring (bicyclic) bond motifs is 2. The van der Waals surface area contributed by atoms with E-state index in [0.717, 1.165) is 15.6 Å². The Labute approximate surface area is 146 Å². The maximum atomic E-state index is 12.5. The molecule has 0 aliphatic rings. The Morgan fingerprint density at radius 2 is 1.88 bits per heavy atom. The number of rotatable bonds is 3. The maximum Gasteiger partial charge on any atom is 0.332 e. The fourth-order valence-electron chi connectivity index (χ4n) is 2.86. The summed E-state index contributed by atoms with van der Waals surface area (Å²) in [6, 6.07) is 7.75. The average molecular weight is 356 g/mol. The van der Waals surface area contributed by atoms with Gasteiger partial charge in [0.15, 0.2) is 21.5 Å². The zero-order chi connectivity index (χ0) is 17.7. The number of aromatic amines is 1. The van der Waals surface area contributed by atoms with Gasteiger partial charge in [-0.2, -0.15) is 0 Å². The summed E-state index contributed by atoms with van der Waals surface area (Å²) in [4.78, 5) is 37.0. The Morgan fingerprint density at radius 3 is 2.60 bits per heavy atom. The Morgan fingerprint density at radius 1 is 1.12 bits per heavy atom. The molecule has 0 amide bonds. The van der Waals surface area contributed by atoms with Crippen LogP contribution in [-0.2, 0) is 20.6 Å². The second-order valence-electron chi connectivity index (χ2n) is 5.68. The molecule has 0 spiro atoms. The van der Waals surface area contributed by atoms with Crippen LogP contribution in [0.15, 0.2) is 44.2 Å². The van der Waals surface area contributed by atoms with Crippen molar-refractivity contribution in [3.05, 3.63) is 45.1 Å². The van der Waals surface area contributed by atoms with Crippen molar-refractivity contribution < 1.29 is 0 Å². The zero-order valence-electron chi connectivity index (χ0n) is 14.0. The van der Waals surface area contributed by atoms with E-state index in [1.54, 1.807) is 7.05 Å². The zero-order valence-corrected chi connectivity index (χ0v) is 14.8. The summed E-state index contributed by atoms with van der Waals surface area (Å²) in [6.45, 7) is 2.50. The lowest BCUT2D eigenvalue weighted by atomic mass is 10.3. The van der Waals surface area contributed by atoms with Gasteiger partial charge in [-0.25, -0.2) is 14.8 Å². The molecule has 0 saturated heterocycles. The van der Waals surface area contributed by atoms with Gasteiger partial charge in [0.25, 0.3) is 5.56 Å². The summed E-state index contributed by atoms with van der Waals surface area (Å²) in [5.41, 5.74) is 1.88. The average Bonchev–Trinajstić information content (AvgIpc) is 3.18. The third-order valence-electron chi connectivity index (χ3n) is 4.18. The second kappa shape index (κ2) is 5.62. The first-order chi connectivity index (χ1) is 12.0. The minimum Gasteiger partial charge on any atom is -0.333 e. The van der Waals surface area contributed by atoms with Gasteiger partial charge in [0.2, 0.25) is 0 Å². The molecule has 0 bridgehead atoms. The molecule has 4 rings (SSSR count). The largest absolute Gasteiger partial charge is 0.333 e. The molecule has 1 aromatic carbocycles. The predicted octanol–water partition coefficient (Wildman–Crippen LogP) is 1.48. The summed E-state index contributed by atoms with van der Waals surface area (Å²) in [5, 5.41) is 1.31. The number of aromatic nitrogens is 6. The highest BCUT2D eigenvalue weighted by atomic mass is 32.2. The van der Waals surface area contributed by atoms with Crippen LogP contribution in [0, 0.1) is 0 Å². The number of benzene rings is 1. The number of nitrogens with one attached hydrogen (secondary N) is 1. The number of hydrogen-bond donors (Lipinski definition) is 1. The number of H-pyrrole nitrogens is 1. The molecule has 0 unspecified atom stereocenters. The van der Waals surface area contributed by atoms with Crippen LogP contribution >= 0.6 is 11.8 Å². The summed E-state index contributed by atoms with van der Waals surface area (Å²) >= 11 is 1.34. The van der Waals surface area contributed by atoms with Crippen LogP contribution in [0.3, 0.4) is 0 Å². The lowest BCUT2D eigenvalue weighted by molar-refractivity contribution is 0.683. The van der Waals surface area contributed by atoms with Crippen LogP contribution in [0.2, 0.25) is 0 Å². The van der Waals surface area contributed by atoms with Gasteiger partial charge in [0.05, 0.1) is 11.0 Å². The molecule has 8 nitrogen and oxygen atoms in total. The lowest BCUT2D eigenvalue weighted by Crippen LogP contribution is -2.37. The summed E-state index contributed by atoms with van der Waals surface area (Å²) in [5.74, 6) is 0. The van der Waals surface area contributed by atoms with E-state index >= 15 is 0 Å². The van der Waals surface area contributed by atoms with Crippen molar-refractivity contribution in [1.29, 1.82) is 0 Å². The van der Waals surface area contributed by atoms with Gasteiger partial charge in [-0.05, 0) is 30.8 Å². The van der Waals surface area contributed by atoms with Crippen LogP contribution < -0.4 is 11.2 Å². The third-order valence-corrected chi connectivity index (χ3v) is 5.07. The molecule has 4 aromatic rings. The summed E-state index contributed by atoms with van der Waals surface area (Å²) < 4.78 is 4.31. The maximum absolute atomic E-state index is 12.5. The summed E-state index contributed by atoms with van der Waals surface area (Å²) in [6.07, 6.45) is 0. The minimum absolute atomic E-state index is 0.344. The molecule has 3 heterocycles. The molecule has 0 saturated carbocycles. The highest BCUT2D eigenvalue weighted by molar-refractivity contribution is 7.99. The molecule has 25 heavy (non-hydrogen) atoms. The van der Waals surface area contributed by atoms with E-state index in [9.17, 15) is 9.59 Å². The smallest absolute Gasteiger partial charge is 0.332 e. The van der Waals surface area contributed by atoms with Crippen molar-refractivity contribution in [1.82, 2.24) is 28.7 Å². The third kappa shape index (κ3) is 2.30. The molecule has 0 radical (unpaired) electrons. The molecular formula is C16H16N6O2S. The first-order valence-corrected chi connectivity index (χ1v) is 8.61. The van der Waals surface area contributed by atoms with E-state index in [-0.39, 0.29) is 5.56 Å². The van der Waals surface area contributed by atoms with Crippen molar-refractivity contribution in [2.24, 2.45) is 14.1 Å². The van der Waals surface area contributed by atoms with Crippen LogP contribution in [0.1, 0.15) is 6.92 Å². The fourth-order valence-corrected chi connectivity index (χ4v) is 3.80. The molecule has 0 aliphatic heterocycles. The number of hydrogen-bond acceptors (Lipinski definition) is 5. The number of para-hydroxylation sites is 2. The molecule has 3 aromatic heterocycles. The fraction of sp³-hybridized carbons (Fsp3) is 0.250. The van der Waals surface area contributed by atoms with Crippen LogP contribution in [0.25, 0.3) is 22.2 Å². The van der Waals surface area contributed by atoms with Gasteiger partial charge in [-0.3, -0.25) is 13.9 Å². The Hall–Kier alpha value is -2.81. The number of imidazole rings is 2. The number of aryl methyl sites for hydroxylation is 2. The molecule has 1 N–H and O–H groups in total. The van der Waals surface area contributed by atoms with Gasteiger partial charge in [-0.1, -0.05) is 12.1 Å². The molecule has 128 valence electrons. The van der Waals surface area contributed by atoms with E-state index in [1.165, 1.54) is 23.4 Å². The quantitative estimate of drug-likeness (QED) is 0.600. The van der Waals surface area contributed by atoms with Crippen LogP contribution in [0.5, 0.6) is 0 Å². The highest BCUT2D eigenvalue weighted by Gasteiger charge is 2.19. The number of nitrogens with zero attached hydrogens (tertiary/aromatic N) is 5. The highest BCUT2D eigenvalue weighted by Crippen LogP contribution is 2.28. The normalized spacial score (nSPS) is 11.6. The monoisotopic (exact) mass is 356 g/mol. The first kappa shape index (κ1) is 15.7. The van der Waals surface area contributed by atoms with Gasteiger partial charge in [0, 0.05) is 20.6 Å². The van der Waals surface area contributed by atoms with Crippen LogP contribution in [0.4, 0.5) is 0 Å². The SMILES string of the molecule is CCn1c(Sc2nc3ccccc3[nH]2)nc2c1c(=O)n(C)c(=O)n2C. The molecule has 9 heteroatoms. The molecule has 0 aliphatic carbocycles. The van der Waals surface area contributed by atoms with Crippen LogP contribution in [-0.4, -0.2) is 28.7 Å². The van der Waals surface area contributed by atoms with Gasteiger partial charge >= 0.3 is 5.69 Å². The van der Waals surface area contributed by atoms with E-state index in [1.807, 2.05) is 35.8 Å². The van der Waals surface area contributed by atoms with Gasteiger partial charge in [-0.15, -0.1) is 0 Å². The van der Waals surface area contributed by atoms with Gasteiger partial charge < -0.3 is 9.55 Å².